The molecular weight excluding hydrogens is 1820 g/mol. The van der Waals surface area contributed by atoms with E-state index >= 15 is 0 Å². The Morgan fingerprint density at radius 2 is 0.748 bits per heavy atom. The summed E-state index contributed by atoms with van der Waals surface area (Å²) < 4.78 is 78.5. The average molecular weight is 1900 g/mol. The lowest BCUT2D eigenvalue weighted by Gasteiger charge is -2.20. The zero-order valence-electron chi connectivity index (χ0n) is 63.2. The molecule has 11 aromatic rings. The van der Waals surface area contributed by atoms with E-state index < -0.39 is 51.9 Å². The Bertz CT molecular complexity index is 5780. The predicted molar refractivity (Wildman–Crippen MR) is 460 cm³/mol. The zero-order valence-corrected chi connectivity index (χ0v) is 69.7. The van der Waals surface area contributed by atoms with Gasteiger partial charge in [0, 0.05) is 109 Å². The van der Waals surface area contributed by atoms with Crippen molar-refractivity contribution in [2.45, 2.75) is 59.5 Å². The summed E-state index contributed by atoms with van der Waals surface area (Å²) in [4.78, 5) is 103. The molecule has 2 aliphatic rings. The van der Waals surface area contributed by atoms with E-state index in [0.29, 0.717) is 73.2 Å². The summed E-state index contributed by atoms with van der Waals surface area (Å²) in [5, 5.41) is 20.2. The summed E-state index contributed by atoms with van der Waals surface area (Å²) in [6.07, 6.45) is 3.46. The molecule has 2 fully saturated rings. The van der Waals surface area contributed by atoms with E-state index in [9.17, 15) is 51.5 Å². The number of carbonyl (C=O) groups is 5. The molecule has 0 bridgehead atoms. The van der Waals surface area contributed by atoms with Crippen LogP contribution in [0.25, 0.3) is 0 Å². The molecule has 0 aliphatic heterocycles. The molecule has 25 nitrogen and oxygen atoms in total. The lowest BCUT2D eigenvalue weighted by Crippen LogP contribution is -2.29. The van der Waals surface area contributed by atoms with Crippen LogP contribution in [0.4, 0.5) is 64.7 Å². The highest BCUT2D eigenvalue weighted by molar-refractivity contribution is 14.1. The molecule has 594 valence electrons. The maximum Gasteiger partial charge on any atom is 0.259 e. The molecule has 2 aliphatic carbocycles. The summed E-state index contributed by atoms with van der Waals surface area (Å²) in [6.45, 7) is 5.67. The van der Waals surface area contributed by atoms with Crippen molar-refractivity contribution in [2.75, 3.05) is 46.5 Å². The maximum absolute atomic E-state index is 14.9. The number of ether oxygens (including phenoxy) is 5. The number of rotatable bonds is 25. The molecular formula is C84H78F3I3N12O13. The largest absolute Gasteiger partial charge is 0.497 e. The van der Waals surface area contributed by atoms with Crippen LogP contribution in [0.1, 0.15) is 84.6 Å². The van der Waals surface area contributed by atoms with E-state index in [4.69, 9.17) is 35.2 Å². The van der Waals surface area contributed by atoms with E-state index in [2.05, 4.69) is 37.2 Å². The van der Waals surface area contributed by atoms with Gasteiger partial charge in [-0.25, -0.2) is 13.2 Å². The fourth-order valence-electron chi connectivity index (χ4n) is 11.5. The molecule has 0 saturated heterocycles. The Labute approximate surface area is 699 Å². The summed E-state index contributed by atoms with van der Waals surface area (Å²) in [5.74, 6) is -1.24. The predicted octanol–water partition coefficient (Wildman–Crippen LogP) is 16.2. The smallest absolute Gasteiger partial charge is 0.259 e. The lowest BCUT2D eigenvalue weighted by atomic mass is 10.1. The first-order valence-corrected chi connectivity index (χ1v) is 38.9. The summed E-state index contributed by atoms with van der Waals surface area (Å²) in [7, 11) is 7.56. The van der Waals surface area contributed by atoms with Gasteiger partial charge in [0.25, 0.3) is 34.4 Å². The molecule has 3 aromatic heterocycles. The van der Waals surface area contributed by atoms with Crippen molar-refractivity contribution >= 4 is 149 Å². The number of amides is 5. The number of benzene rings is 8. The van der Waals surface area contributed by atoms with Crippen LogP contribution in [0.3, 0.4) is 0 Å². The minimum atomic E-state index is -0.866. The first-order valence-electron chi connectivity index (χ1n) is 35.7. The highest BCUT2D eigenvalue weighted by atomic mass is 127. The minimum absolute atomic E-state index is 0.000353. The number of nitrogen functional groups attached to an aromatic ring is 1. The monoisotopic (exact) mass is 1900 g/mol. The van der Waals surface area contributed by atoms with E-state index in [1.165, 1.54) is 78.8 Å². The maximum atomic E-state index is 14.9. The lowest BCUT2D eigenvalue weighted by molar-refractivity contribution is -0.118. The fraction of sp³-hybridized carbons (Fsp3) is 0.190. The van der Waals surface area contributed by atoms with Crippen molar-refractivity contribution in [3.05, 3.63) is 280 Å². The van der Waals surface area contributed by atoms with E-state index in [-0.39, 0.29) is 105 Å². The molecule has 31 heteroatoms. The van der Waals surface area contributed by atoms with E-state index in [0.717, 1.165) is 47.4 Å². The van der Waals surface area contributed by atoms with Gasteiger partial charge in [-0.05, 0) is 241 Å². The SMILES string of the molecule is COc1ccc(CNC(=O)c2c(Oc3cccc(N)c3C)cc(=O)n(C)c2Nc2ccc(I)cc2F)cc1.COc1ccc(CNC(=O)c2c(Oc3cccc(NC(=O)C4CC4)c3C)cc(=O)n(C)c2Nc2ccc(I)cc2F)cc1.Cc1c(NC(=O)C2CC2)cccc1Oc1cc(=O)n(C)c(Nc2ccc(I)cc2F)c1C(N)=O. The highest BCUT2D eigenvalue weighted by Gasteiger charge is 2.33. The first-order chi connectivity index (χ1) is 55.0. The van der Waals surface area contributed by atoms with Gasteiger partial charge in [0.15, 0.2) is 0 Å². The van der Waals surface area contributed by atoms with E-state index in [1.807, 2.05) is 92.0 Å². The third kappa shape index (κ3) is 20.9. The normalized spacial score (nSPS) is 11.9. The second-order valence-electron chi connectivity index (χ2n) is 26.7. The van der Waals surface area contributed by atoms with Crippen LogP contribution in [0.2, 0.25) is 0 Å². The molecule has 115 heavy (non-hydrogen) atoms. The summed E-state index contributed by atoms with van der Waals surface area (Å²) >= 11 is 5.98. The van der Waals surface area contributed by atoms with Crippen LogP contribution in [-0.2, 0) is 43.8 Å². The molecule has 0 radical (unpaired) electrons. The third-order valence-corrected chi connectivity index (χ3v) is 20.7. The van der Waals surface area contributed by atoms with Gasteiger partial charge in [0.1, 0.15) is 97.6 Å². The van der Waals surface area contributed by atoms with Crippen molar-refractivity contribution in [3.8, 4) is 46.0 Å². The standard InChI is InChI=1S/C32H30FIN4O5.C28H26FIN4O4.C24H22FIN4O4/c1-18-24(37-31(40)20-9-10-20)5-4-6-26(18)43-27-16-28(39)38(2)30(36-25-14-11-21(34)15-23(25)33)29(27)32(41)35-17-19-7-12-22(42-3)13-8-19;1-16-21(31)5-4-6-23(16)38-24-14-25(35)34(2)27(33-22-12-9-18(30)13-20(22)29)26(24)28(36)32-15-17-7-10-19(37-3)11-8-17;1-12-16(29-24(33)13-6-7-13)4-3-5-18(12)34-19-11-20(31)30(2)23(21(19)22(27)32)28-17-9-8-14(26)10-15(17)25/h4-8,11-16,20,36H,9-10,17H2,1-3H3,(H,35,41)(H,37,40);4-14,33H,15,31H2,1-3H3,(H,32,36);3-5,8-11,13,28H,6-7H2,1-2H3,(H2,27,32)(H,29,33). The Balaban J connectivity index is 0.000000171. The number of halogens is 6. The number of nitrogens with two attached hydrogens (primary N) is 2. The Hall–Kier alpha value is -11.9. The zero-order chi connectivity index (χ0) is 82.6. The number of carbonyl (C=O) groups excluding carboxylic acids is 5. The molecule has 2 saturated carbocycles. The second-order valence-corrected chi connectivity index (χ2v) is 30.5. The van der Waals surface area contributed by atoms with Crippen LogP contribution in [0.15, 0.2) is 190 Å². The van der Waals surface area contributed by atoms with Gasteiger partial charge in [0.2, 0.25) is 11.8 Å². The summed E-state index contributed by atoms with van der Waals surface area (Å²) in [6, 6.07) is 47.1. The van der Waals surface area contributed by atoms with Crippen molar-refractivity contribution < 1.29 is 60.8 Å². The van der Waals surface area contributed by atoms with Gasteiger partial charge in [-0.2, -0.15) is 0 Å². The number of nitrogens with one attached hydrogen (secondary N) is 7. The molecule has 0 unspecified atom stereocenters. The number of hydrogen-bond donors (Lipinski definition) is 9. The first kappa shape index (κ1) is 84.1. The van der Waals surface area contributed by atoms with Crippen LogP contribution in [-0.4, -0.2) is 57.5 Å². The van der Waals surface area contributed by atoms with Gasteiger partial charge in [-0.1, -0.05) is 42.5 Å². The number of hydrogen-bond acceptors (Lipinski definition) is 17. The van der Waals surface area contributed by atoms with Gasteiger partial charge < -0.3 is 72.4 Å². The van der Waals surface area contributed by atoms with Crippen LogP contribution in [0.5, 0.6) is 46.0 Å². The van der Waals surface area contributed by atoms with Crippen LogP contribution >= 0.6 is 67.8 Å². The second kappa shape index (κ2) is 37.4. The number of aromatic nitrogens is 3. The Kier molecular flexibility index (Phi) is 27.3. The van der Waals surface area contributed by atoms with Gasteiger partial charge in [0.05, 0.1) is 31.3 Å². The molecule has 11 N–H and O–H groups in total. The molecule has 0 atom stereocenters. The average Bonchev–Trinajstić information content (AvgIpc) is 1.79. The molecule has 8 aromatic carbocycles. The topological polar surface area (TPSA) is 334 Å². The Morgan fingerprint density at radius 3 is 1.07 bits per heavy atom. The van der Waals surface area contributed by atoms with Gasteiger partial charge in [-0.3, -0.25) is 52.1 Å². The Morgan fingerprint density at radius 1 is 0.426 bits per heavy atom. The molecule has 3 heterocycles. The van der Waals surface area contributed by atoms with Gasteiger partial charge in [-0.15, -0.1) is 0 Å². The third-order valence-electron chi connectivity index (χ3n) is 18.7. The molecule has 0 spiro atoms. The number of pyridine rings is 3. The highest BCUT2D eigenvalue weighted by Crippen LogP contribution is 2.41. The number of methoxy groups -OCH3 is 2. The van der Waals surface area contributed by atoms with Crippen molar-refractivity contribution in [1.82, 2.24) is 24.3 Å². The summed E-state index contributed by atoms with van der Waals surface area (Å²) in [5.41, 5.74) is 15.6. The van der Waals surface area contributed by atoms with Crippen LogP contribution < -0.4 is 89.0 Å². The van der Waals surface area contributed by atoms with E-state index in [1.54, 1.807) is 132 Å². The van der Waals surface area contributed by atoms with Crippen molar-refractivity contribution in [2.24, 2.45) is 38.7 Å². The van der Waals surface area contributed by atoms with Crippen molar-refractivity contribution in [3.63, 3.8) is 0 Å². The number of anilines is 9. The quantitative estimate of drug-likeness (QED) is 0.0190. The fourth-order valence-corrected chi connectivity index (χ4v) is 12.9. The van der Waals surface area contributed by atoms with Gasteiger partial charge >= 0.3 is 0 Å². The minimum Gasteiger partial charge on any atom is -0.497 e. The van der Waals surface area contributed by atoms with Crippen LogP contribution in [0, 0.1) is 60.8 Å². The number of nitrogens with zero attached hydrogens (tertiary/aromatic N) is 3. The molecule has 5 amide bonds. The number of primary amides is 1. The molecule has 13 rings (SSSR count). The van der Waals surface area contributed by atoms with Crippen molar-refractivity contribution in [1.29, 1.82) is 0 Å².